The molecule has 0 N–H and O–H groups in total. The van der Waals surface area contributed by atoms with Crippen LogP contribution in [0.4, 0.5) is 0 Å². The third-order valence-corrected chi connectivity index (χ3v) is 3.08. The molecule has 0 atom stereocenters. The highest BCUT2D eigenvalue weighted by molar-refractivity contribution is 5.95. The quantitative estimate of drug-likeness (QED) is 0.765. The second-order valence-electron chi connectivity index (χ2n) is 5.43. The van der Waals surface area contributed by atoms with Gasteiger partial charge >= 0.3 is 6.01 Å². The maximum absolute atomic E-state index is 11.6. The van der Waals surface area contributed by atoms with E-state index < -0.39 is 0 Å². The van der Waals surface area contributed by atoms with Crippen molar-refractivity contribution in [1.29, 1.82) is 0 Å². The number of hydrogen-bond acceptors (Lipinski definition) is 5. The highest BCUT2D eigenvalue weighted by atomic mass is 16.5. The van der Waals surface area contributed by atoms with E-state index in [9.17, 15) is 4.79 Å². The van der Waals surface area contributed by atoms with Gasteiger partial charge in [0.25, 0.3) is 0 Å². The summed E-state index contributed by atoms with van der Waals surface area (Å²) < 4.78 is 10.8. The third-order valence-electron chi connectivity index (χ3n) is 3.08. The molecule has 0 radical (unpaired) electrons. The van der Waals surface area contributed by atoms with Crippen molar-refractivity contribution in [2.24, 2.45) is 5.92 Å². The number of ether oxygens (including phenoxy) is 2. The first-order chi connectivity index (χ1) is 10.5. The Labute approximate surface area is 130 Å². The Hall–Kier alpha value is -2.43. The lowest BCUT2D eigenvalue weighted by molar-refractivity contribution is 0.101. The van der Waals surface area contributed by atoms with Gasteiger partial charge in [-0.3, -0.25) is 4.79 Å². The van der Waals surface area contributed by atoms with Crippen LogP contribution in [0.5, 0.6) is 11.8 Å². The lowest BCUT2D eigenvalue weighted by Crippen LogP contribution is -2.06. The smallest absolute Gasteiger partial charge is 0.316 e. The molecule has 2 aromatic rings. The summed E-state index contributed by atoms with van der Waals surface area (Å²) in [7, 11) is 1.52. The molecular weight excluding hydrogens is 280 g/mol. The van der Waals surface area contributed by atoms with Gasteiger partial charge in [0.1, 0.15) is 5.75 Å². The first kappa shape index (κ1) is 15.9. The van der Waals surface area contributed by atoms with Crippen LogP contribution in [-0.2, 0) is 0 Å². The van der Waals surface area contributed by atoms with Crippen LogP contribution in [-0.4, -0.2) is 29.5 Å². The van der Waals surface area contributed by atoms with E-state index >= 15 is 0 Å². The van der Waals surface area contributed by atoms with Crippen molar-refractivity contribution in [3.63, 3.8) is 0 Å². The molecule has 0 bridgehead atoms. The lowest BCUT2D eigenvalue weighted by atomic mass is 10.0. The van der Waals surface area contributed by atoms with Crippen molar-refractivity contribution in [2.45, 2.75) is 20.8 Å². The zero-order valence-electron chi connectivity index (χ0n) is 13.3. The first-order valence-corrected chi connectivity index (χ1v) is 7.15. The monoisotopic (exact) mass is 300 g/mol. The van der Waals surface area contributed by atoms with Crippen molar-refractivity contribution >= 4 is 5.78 Å². The predicted molar refractivity (Wildman–Crippen MR) is 84.4 cm³/mol. The van der Waals surface area contributed by atoms with Crippen LogP contribution in [0.2, 0.25) is 0 Å². The second kappa shape index (κ2) is 7.02. The molecule has 0 unspecified atom stereocenters. The van der Waals surface area contributed by atoms with E-state index in [1.54, 1.807) is 18.5 Å². The van der Waals surface area contributed by atoms with Gasteiger partial charge in [-0.2, -0.15) is 0 Å². The topological polar surface area (TPSA) is 61.3 Å². The molecule has 1 aromatic heterocycles. The van der Waals surface area contributed by atoms with E-state index in [1.165, 1.54) is 14.0 Å². The highest BCUT2D eigenvalue weighted by Gasteiger charge is 2.12. The molecule has 5 heteroatoms. The van der Waals surface area contributed by atoms with Gasteiger partial charge in [0.2, 0.25) is 0 Å². The van der Waals surface area contributed by atoms with E-state index in [-0.39, 0.29) is 5.78 Å². The summed E-state index contributed by atoms with van der Waals surface area (Å²) in [5.74, 6) is 1.13. The van der Waals surface area contributed by atoms with Crippen LogP contribution in [0.15, 0.2) is 30.6 Å². The normalized spacial score (nSPS) is 10.6. The molecule has 0 fully saturated rings. The zero-order valence-corrected chi connectivity index (χ0v) is 13.3. The molecule has 0 aliphatic rings. The van der Waals surface area contributed by atoms with Crippen LogP contribution < -0.4 is 9.47 Å². The molecule has 0 aliphatic heterocycles. The minimum Gasteiger partial charge on any atom is -0.493 e. The SMILES string of the molecule is COc1ncc(-c2cc(C(C)=O)ccc2OCC(C)C)cn1. The van der Waals surface area contributed by atoms with Crippen LogP contribution in [0.25, 0.3) is 11.1 Å². The Morgan fingerprint density at radius 2 is 1.91 bits per heavy atom. The van der Waals surface area contributed by atoms with Gasteiger partial charge in [-0.25, -0.2) is 9.97 Å². The van der Waals surface area contributed by atoms with E-state index in [0.29, 0.717) is 29.8 Å². The molecule has 1 heterocycles. The van der Waals surface area contributed by atoms with Crippen LogP contribution >= 0.6 is 0 Å². The number of Topliss-reactive ketones (excluding diaryl/α,β-unsaturated/α-hetero) is 1. The minimum absolute atomic E-state index is 0.00564. The summed E-state index contributed by atoms with van der Waals surface area (Å²) in [5, 5.41) is 0. The van der Waals surface area contributed by atoms with Crippen LogP contribution in [0.3, 0.4) is 0 Å². The van der Waals surface area contributed by atoms with E-state index in [4.69, 9.17) is 9.47 Å². The second-order valence-corrected chi connectivity index (χ2v) is 5.43. The van der Waals surface area contributed by atoms with Gasteiger partial charge in [-0.05, 0) is 31.0 Å². The summed E-state index contributed by atoms with van der Waals surface area (Å²) in [6.07, 6.45) is 3.32. The van der Waals surface area contributed by atoms with Gasteiger partial charge in [0.05, 0.1) is 13.7 Å². The number of ketones is 1. The fraction of sp³-hybridized carbons (Fsp3) is 0.353. The number of nitrogens with zero attached hydrogens (tertiary/aromatic N) is 2. The van der Waals surface area contributed by atoms with E-state index in [0.717, 1.165) is 11.1 Å². The fourth-order valence-electron chi connectivity index (χ4n) is 1.92. The third kappa shape index (κ3) is 3.81. The standard InChI is InChI=1S/C17H20N2O3/c1-11(2)10-22-16-6-5-13(12(3)20)7-15(16)14-8-18-17(21-4)19-9-14/h5-9,11H,10H2,1-4H3. The number of hydrogen-bond donors (Lipinski definition) is 0. The number of carbonyl (C=O) groups is 1. The molecule has 0 amide bonds. The Balaban J connectivity index is 2.43. The van der Waals surface area contributed by atoms with Crippen LogP contribution in [0.1, 0.15) is 31.1 Å². The Morgan fingerprint density at radius 3 is 2.45 bits per heavy atom. The fourth-order valence-corrected chi connectivity index (χ4v) is 1.92. The summed E-state index contributed by atoms with van der Waals surface area (Å²) in [5.41, 5.74) is 2.21. The van der Waals surface area contributed by atoms with Crippen molar-refractivity contribution in [3.8, 4) is 22.9 Å². The molecule has 116 valence electrons. The number of methoxy groups -OCH3 is 1. The number of benzene rings is 1. The maximum atomic E-state index is 11.6. The summed E-state index contributed by atoms with van der Waals surface area (Å²) >= 11 is 0. The van der Waals surface area contributed by atoms with Crippen LogP contribution in [0, 0.1) is 5.92 Å². The molecular formula is C17H20N2O3. The van der Waals surface area contributed by atoms with Gasteiger partial charge in [-0.15, -0.1) is 0 Å². The molecule has 0 saturated heterocycles. The molecule has 0 aliphatic carbocycles. The summed E-state index contributed by atoms with van der Waals surface area (Å²) in [4.78, 5) is 19.8. The number of rotatable bonds is 6. The van der Waals surface area contributed by atoms with Crippen molar-refractivity contribution in [3.05, 3.63) is 36.2 Å². The average Bonchev–Trinajstić information content (AvgIpc) is 2.52. The molecule has 0 spiro atoms. The molecule has 1 aromatic carbocycles. The van der Waals surface area contributed by atoms with Crippen molar-refractivity contribution < 1.29 is 14.3 Å². The molecule has 22 heavy (non-hydrogen) atoms. The summed E-state index contributed by atoms with van der Waals surface area (Å²) in [6, 6.07) is 5.70. The van der Waals surface area contributed by atoms with Gasteiger partial charge in [0.15, 0.2) is 5.78 Å². The van der Waals surface area contributed by atoms with Crippen molar-refractivity contribution in [1.82, 2.24) is 9.97 Å². The first-order valence-electron chi connectivity index (χ1n) is 7.15. The van der Waals surface area contributed by atoms with Crippen molar-refractivity contribution in [2.75, 3.05) is 13.7 Å². The molecule has 2 rings (SSSR count). The Morgan fingerprint density at radius 1 is 1.23 bits per heavy atom. The largest absolute Gasteiger partial charge is 0.493 e. The minimum atomic E-state index is 0.00564. The maximum Gasteiger partial charge on any atom is 0.316 e. The van der Waals surface area contributed by atoms with E-state index in [1.807, 2.05) is 12.1 Å². The highest BCUT2D eigenvalue weighted by Crippen LogP contribution is 2.31. The number of aromatic nitrogens is 2. The van der Waals surface area contributed by atoms with Gasteiger partial charge < -0.3 is 9.47 Å². The molecule has 5 nitrogen and oxygen atoms in total. The average molecular weight is 300 g/mol. The summed E-state index contributed by atoms with van der Waals surface area (Å²) in [6.45, 7) is 6.31. The predicted octanol–water partition coefficient (Wildman–Crippen LogP) is 3.39. The van der Waals surface area contributed by atoms with E-state index in [2.05, 4.69) is 23.8 Å². The Bertz CT molecular complexity index is 651. The zero-order chi connectivity index (χ0) is 16.1. The Kier molecular flexibility index (Phi) is 5.09. The molecule has 0 saturated carbocycles. The lowest BCUT2D eigenvalue weighted by Gasteiger charge is -2.14. The van der Waals surface area contributed by atoms with Gasteiger partial charge in [-0.1, -0.05) is 13.8 Å². The van der Waals surface area contributed by atoms with Gasteiger partial charge in [0, 0.05) is 29.1 Å². The number of carbonyl (C=O) groups excluding carboxylic acids is 1.